The number of halogens is 1. The van der Waals surface area contributed by atoms with Crippen LogP contribution in [0.3, 0.4) is 0 Å². The lowest BCUT2D eigenvalue weighted by Crippen LogP contribution is -2.30. The van der Waals surface area contributed by atoms with Gasteiger partial charge in [0.25, 0.3) is 0 Å². The van der Waals surface area contributed by atoms with E-state index in [9.17, 15) is 4.39 Å². The largest absolute Gasteiger partial charge is 0.310 e. The second-order valence-electron chi connectivity index (χ2n) is 4.96. The van der Waals surface area contributed by atoms with Crippen molar-refractivity contribution in [3.8, 4) is 0 Å². The third kappa shape index (κ3) is 3.31. The lowest BCUT2D eigenvalue weighted by Gasteiger charge is -2.18. The number of nitrogens with one attached hydrogen (secondary N) is 1. The quantitative estimate of drug-likeness (QED) is 0.822. The monoisotopic (exact) mass is 223 g/mol. The minimum absolute atomic E-state index is 0.0827. The number of rotatable bonds is 4. The van der Waals surface area contributed by atoms with Gasteiger partial charge >= 0.3 is 0 Å². The fourth-order valence-electron chi connectivity index (χ4n) is 1.65. The van der Waals surface area contributed by atoms with E-state index in [1.54, 1.807) is 0 Å². The van der Waals surface area contributed by atoms with E-state index >= 15 is 0 Å². The highest BCUT2D eigenvalue weighted by atomic mass is 19.1. The molecule has 0 bridgehead atoms. The summed E-state index contributed by atoms with van der Waals surface area (Å²) in [5.41, 5.74) is 2.62. The van der Waals surface area contributed by atoms with Crippen molar-refractivity contribution in [3.05, 3.63) is 34.6 Å². The molecule has 0 saturated carbocycles. The lowest BCUT2D eigenvalue weighted by molar-refractivity contribution is 0.426. The predicted octanol–water partition coefficient (Wildman–Crippen LogP) is 3.58. The number of aryl methyl sites for hydroxylation is 2. The number of hydrogen-bond acceptors (Lipinski definition) is 1. The fourth-order valence-corrected chi connectivity index (χ4v) is 1.65. The first-order valence-electron chi connectivity index (χ1n) is 5.90. The van der Waals surface area contributed by atoms with Gasteiger partial charge in [0, 0.05) is 12.6 Å². The van der Waals surface area contributed by atoms with Crippen LogP contribution in [0.15, 0.2) is 12.1 Å². The highest BCUT2D eigenvalue weighted by molar-refractivity contribution is 5.30. The highest BCUT2D eigenvalue weighted by Crippen LogP contribution is 2.15. The molecule has 1 atom stereocenters. The average molecular weight is 223 g/mol. The summed E-state index contributed by atoms with van der Waals surface area (Å²) in [5.74, 6) is 0.531. The zero-order valence-corrected chi connectivity index (χ0v) is 10.9. The lowest BCUT2D eigenvalue weighted by atomic mass is 10.0. The van der Waals surface area contributed by atoms with Gasteiger partial charge in [0.15, 0.2) is 0 Å². The molecule has 0 aliphatic heterocycles. The summed E-state index contributed by atoms with van der Waals surface area (Å²) in [5, 5.41) is 3.45. The van der Waals surface area contributed by atoms with Crippen molar-refractivity contribution in [2.24, 2.45) is 5.92 Å². The van der Waals surface area contributed by atoms with Crippen molar-refractivity contribution in [1.29, 1.82) is 0 Å². The van der Waals surface area contributed by atoms with Gasteiger partial charge in [-0.15, -0.1) is 0 Å². The van der Waals surface area contributed by atoms with E-state index in [0.717, 1.165) is 23.2 Å². The van der Waals surface area contributed by atoms with Crippen LogP contribution in [-0.2, 0) is 6.54 Å². The molecule has 90 valence electrons. The first kappa shape index (κ1) is 13.2. The summed E-state index contributed by atoms with van der Waals surface area (Å²) >= 11 is 0. The van der Waals surface area contributed by atoms with E-state index in [0.29, 0.717) is 12.0 Å². The van der Waals surface area contributed by atoms with Crippen LogP contribution < -0.4 is 5.32 Å². The van der Waals surface area contributed by atoms with Crippen LogP contribution in [0, 0.1) is 25.6 Å². The first-order chi connectivity index (χ1) is 7.41. The molecule has 0 spiro atoms. The summed E-state index contributed by atoms with van der Waals surface area (Å²) in [6, 6.07) is 4.32. The van der Waals surface area contributed by atoms with E-state index in [1.165, 1.54) is 0 Å². The molecule has 1 aromatic rings. The maximum atomic E-state index is 13.4. The van der Waals surface area contributed by atoms with E-state index in [-0.39, 0.29) is 5.82 Å². The molecule has 1 nitrogen and oxygen atoms in total. The van der Waals surface area contributed by atoms with Crippen LogP contribution in [0.4, 0.5) is 4.39 Å². The van der Waals surface area contributed by atoms with Crippen molar-refractivity contribution in [2.45, 2.75) is 47.2 Å². The molecular weight excluding hydrogens is 201 g/mol. The van der Waals surface area contributed by atoms with Gasteiger partial charge in [-0.3, -0.25) is 0 Å². The Morgan fingerprint density at radius 2 is 1.62 bits per heavy atom. The molecule has 0 radical (unpaired) electrons. The van der Waals surface area contributed by atoms with Crippen LogP contribution in [-0.4, -0.2) is 6.04 Å². The Kier molecular flexibility index (Phi) is 4.48. The van der Waals surface area contributed by atoms with Crippen molar-refractivity contribution < 1.29 is 4.39 Å². The Hall–Kier alpha value is -0.890. The molecule has 0 aliphatic rings. The maximum absolute atomic E-state index is 13.4. The molecule has 1 unspecified atom stereocenters. The number of benzene rings is 1. The zero-order chi connectivity index (χ0) is 12.3. The van der Waals surface area contributed by atoms with E-state index in [1.807, 2.05) is 26.0 Å². The van der Waals surface area contributed by atoms with Crippen LogP contribution in [0.2, 0.25) is 0 Å². The molecule has 16 heavy (non-hydrogen) atoms. The van der Waals surface area contributed by atoms with Gasteiger partial charge in [-0.05, 0) is 43.4 Å². The minimum Gasteiger partial charge on any atom is -0.310 e. The second-order valence-corrected chi connectivity index (χ2v) is 4.96. The molecule has 0 amide bonds. The van der Waals surface area contributed by atoms with E-state index < -0.39 is 0 Å². The van der Waals surface area contributed by atoms with Crippen LogP contribution in [0.5, 0.6) is 0 Å². The summed E-state index contributed by atoms with van der Waals surface area (Å²) < 4.78 is 13.4. The Morgan fingerprint density at radius 3 is 2.06 bits per heavy atom. The summed E-state index contributed by atoms with van der Waals surface area (Å²) in [7, 11) is 0. The smallest absolute Gasteiger partial charge is 0.129 e. The standard InChI is InChI=1S/C14H22FN/c1-9(2)12(5)16-8-13-6-10(3)14(15)11(4)7-13/h6-7,9,12,16H,8H2,1-5H3. The van der Waals surface area contributed by atoms with Crippen molar-refractivity contribution in [2.75, 3.05) is 0 Å². The fraction of sp³-hybridized carbons (Fsp3) is 0.571. The molecule has 0 fully saturated rings. The summed E-state index contributed by atoms with van der Waals surface area (Å²) in [6.45, 7) is 11.0. The van der Waals surface area contributed by atoms with Gasteiger partial charge in [-0.2, -0.15) is 0 Å². The third-order valence-corrected chi connectivity index (χ3v) is 3.12. The Labute approximate surface area is 98.1 Å². The Balaban J connectivity index is 2.68. The molecule has 2 heteroatoms. The molecule has 0 heterocycles. The van der Waals surface area contributed by atoms with Crippen molar-refractivity contribution in [1.82, 2.24) is 5.32 Å². The summed E-state index contributed by atoms with van der Waals surface area (Å²) in [4.78, 5) is 0. The van der Waals surface area contributed by atoms with E-state index in [2.05, 4.69) is 26.1 Å². The van der Waals surface area contributed by atoms with Crippen molar-refractivity contribution >= 4 is 0 Å². The van der Waals surface area contributed by atoms with E-state index in [4.69, 9.17) is 0 Å². The average Bonchev–Trinajstić information content (AvgIpc) is 2.22. The number of hydrogen-bond donors (Lipinski definition) is 1. The maximum Gasteiger partial charge on any atom is 0.129 e. The van der Waals surface area contributed by atoms with Gasteiger partial charge in [-0.25, -0.2) is 4.39 Å². The van der Waals surface area contributed by atoms with Gasteiger partial charge in [0.2, 0.25) is 0 Å². The van der Waals surface area contributed by atoms with Gasteiger partial charge in [0.1, 0.15) is 5.82 Å². The van der Waals surface area contributed by atoms with Crippen LogP contribution in [0.25, 0.3) is 0 Å². The Morgan fingerprint density at radius 1 is 1.12 bits per heavy atom. The third-order valence-electron chi connectivity index (χ3n) is 3.12. The molecule has 1 rings (SSSR count). The molecule has 0 aromatic heterocycles. The molecule has 1 N–H and O–H groups in total. The van der Waals surface area contributed by atoms with Crippen LogP contribution >= 0.6 is 0 Å². The molecular formula is C14H22FN. The van der Waals surface area contributed by atoms with Crippen LogP contribution in [0.1, 0.15) is 37.5 Å². The second kappa shape index (κ2) is 5.44. The topological polar surface area (TPSA) is 12.0 Å². The Bertz CT molecular complexity index is 335. The highest BCUT2D eigenvalue weighted by Gasteiger charge is 2.08. The van der Waals surface area contributed by atoms with Gasteiger partial charge in [0.05, 0.1) is 0 Å². The van der Waals surface area contributed by atoms with Gasteiger partial charge in [-0.1, -0.05) is 26.0 Å². The van der Waals surface area contributed by atoms with Gasteiger partial charge < -0.3 is 5.32 Å². The molecule has 1 aromatic carbocycles. The summed E-state index contributed by atoms with van der Waals surface area (Å²) in [6.07, 6.45) is 0. The normalized spacial score (nSPS) is 13.2. The molecule has 0 aliphatic carbocycles. The molecule has 0 saturated heterocycles. The predicted molar refractivity (Wildman–Crippen MR) is 67.0 cm³/mol. The van der Waals surface area contributed by atoms with Crippen molar-refractivity contribution in [3.63, 3.8) is 0 Å². The minimum atomic E-state index is -0.0827. The SMILES string of the molecule is Cc1cc(CNC(C)C(C)C)cc(C)c1F. The first-order valence-corrected chi connectivity index (χ1v) is 5.90. The zero-order valence-electron chi connectivity index (χ0n) is 10.9.